The van der Waals surface area contributed by atoms with Gasteiger partial charge >= 0.3 is 0 Å². The first kappa shape index (κ1) is 14.6. The second kappa shape index (κ2) is 7.10. The van der Waals surface area contributed by atoms with E-state index in [2.05, 4.69) is 25.0 Å². The fraction of sp³-hybridized carbons (Fsp3) is 0.214. The van der Waals surface area contributed by atoms with Gasteiger partial charge < -0.3 is 5.11 Å². The number of aliphatic hydroxyl groups excluding tert-OH is 1. The Balaban J connectivity index is 1.81. The quantitative estimate of drug-likeness (QED) is 0.543. The van der Waals surface area contributed by atoms with Crippen LogP contribution in [0.3, 0.4) is 0 Å². The van der Waals surface area contributed by atoms with E-state index in [0.29, 0.717) is 23.3 Å². The maximum Gasteiger partial charge on any atom is 0.187 e. The SMILES string of the molecule is OCCn1nc(-c2ccncc2)nc1CSc1ncccn1. The van der Waals surface area contributed by atoms with Gasteiger partial charge in [-0.15, -0.1) is 0 Å². The Morgan fingerprint density at radius 3 is 2.59 bits per heavy atom. The van der Waals surface area contributed by atoms with E-state index < -0.39 is 0 Å². The molecular formula is C14H14N6OS. The van der Waals surface area contributed by atoms with Gasteiger partial charge in [-0.1, -0.05) is 11.8 Å². The first-order chi connectivity index (χ1) is 10.9. The van der Waals surface area contributed by atoms with Gasteiger partial charge in [-0.05, 0) is 18.2 Å². The molecule has 0 aliphatic carbocycles. The predicted octanol–water partition coefficient (Wildman–Crippen LogP) is 1.41. The third-order valence-corrected chi connectivity index (χ3v) is 3.74. The topological polar surface area (TPSA) is 89.6 Å². The van der Waals surface area contributed by atoms with Crippen LogP contribution in [0.4, 0.5) is 0 Å². The Labute approximate surface area is 131 Å². The number of hydrogen-bond acceptors (Lipinski definition) is 7. The molecule has 3 aromatic heterocycles. The van der Waals surface area contributed by atoms with Crippen LogP contribution in [-0.4, -0.2) is 41.4 Å². The fourth-order valence-corrected chi connectivity index (χ4v) is 2.61. The zero-order valence-electron chi connectivity index (χ0n) is 11.7. The van der Waals surface area contributed by atoms with Crippen molar-refractivity contribution in [1.29, 1.82) is 0 Å². The van der Waals surface area contributed by atoms with Gasteiger partial charge in [-0.2, -0.15) is 5.10 Å². The average Bonchev–Trinajstić information content (AvgIpc) is 2.98. The van der Waals surface area contributed by atoms with E-state index >= 15 is 0 Å². The number of aromatic nitrogens is 6. The highest BCUT2D eigenvalue weighted by Gasteiger charge is 2.12. The van der Waals surface area contributed by atoms with E-state index in [0.717, 1.165) is 11.4 Å². The van der Waals surface area contributed by atoms with Gasteiger partial charge in [0.25, 0.3) is 0 Å². The van der Waals surface area contributed by atoms with Crippen LogP contribution in [0.5, 0.6) is 0 Å². The van der Waals surface area contributed by atoms with Crippen LogP contribution < -0.4 is 0 Å². The molecule has 0 saturated carbocycles. The molecule has 7 nitrogen and oxygen atoms in total. The number of rotatable bonds is 6. The van der Waals surface area contributed by atoms with Crippen LogP contribution in [0.15, 0.2) is 48.1 Å². The molecule has 0 saturated heterocycles. The molecule has 0 unspecified atom stereocenters. The Morgan fingerprint density at radius 2 is 1.86 bits per heavy atom. The molecule has 0 aromatic carbocycles. The fourth-order valence-electron chi connectivity index (χ4n) is 1.87. The summed E-state index contributed by atoms with van der Waals surface area (Å²) in [7, 11) is 0. The molecule has 0 aliphatic rings. The molecule has 112 valence electrons. The monoisotopic (exact) mass is 314 g/mol. The lowest BCUT2D eigenvalue weighted by molar-refractivity contribution is 0.267. The molecule has 0 aliphatic heterocycles. The third-order valence-electron chi connectivity index (χ3n) is 2.87. The molecule has 0 bridgehead atoms. The van der Waals surface area contributed by atoms with Gasteiger partial charge in [-0.3, -0.25) is 4.98 Å². The molecule has 3 heterocycles. The lowest BCUT2D eigenvalue weighted by Crippen LogP contribution is -2.08. The van der Waals surface area contributed by atoms with Gasteiger partial charge in [0.2, 0.25) is 0 Å². The number of pyridine rings is 1. The molecule has 0 radical (unpaired) electrons. The molecule has 1 N–H and O–H groups in total. The summed E-state index contributed by atoms with van der Waals surface area (Å²) >= 11 is 1.48. The molecule has 0 fully saturated rings. The standard InChI is InChI=1S/C14H14N6OS/c21-9-8-20-12(10-22-14-16-4-1-5-17-14)18-13(19-20)11-2-6-15-7-3-11/h1-7,21H,8-10H2. The van der Waals surface area contributed by atoms with Crippen LogP contribution in [-0.2, 0) is 12.3 Å². The Hall–Kier alpha value is -2.32. The van der Waals surface area contributed by atoms with E-state index in [1.165, 1.54) is 11.8 Å². The molecule has 3 rings (SSSR count). The summed E-state index contributed by atoms with van der Waals surface area (Å²) in [6, 6.07) is 5.49. The van der Waals surface area contributed by atoms with Crippen molar-refractivity contribution in [2.45, 2.75) is 17.5 Å². The highest BCUT2D eigenvalue weighted by atomic mass is 32.2. The van der Waals surface area contributed by atoms with E-state index in [1.54, 1.807) is 35.5 Å². The van der Waals surface area contributed by atoms with E-state index in [9.17, 15) is 5.11 Å². The minimum absolute atomic E-state index is 0.0125. The van der Waals surface area contributed by atoms with Crippen LogP contribution in [0.25, 0.3) is 11.4 Å². The molecule has 0 atom stereocenters. The third kappa shape index (κ3) is 3.46. The Bertz CT molecular complexity index is 719. The minimum atomic E-state index is 0.0125. The predicted molar refractivity (Wildman–Crippen MR) is 81.9 cm³/mol. The van der Waals surface area contributed by atoms with Gasteiger partial charge in [-0.25, -0.2) is 19.6 Å². The second-order valence-electron chi connectivity index (χ2n) is 4.35. The minimum Gasteiger partial charge on any atom is -0.394 e. The van der Waals surface area contributed by atoms with Crippen molar-refractivity contribution in [3.8, 4) is 11.4 Å². The summed E-state index contributed by atoms with van der Waals surface area (Å²) in [4.78, 5) is 16.9. The lowest BCUT2D eigenvalue weighted by Gasteiger charge is -2.02. The van der Waals surface area contributed by atoms with Crippen molar-refractivity contribution in [2.24, 2.45) is 0 Å². The van der Waals surface area contributed by atoms with Crippen molar-refractivity contribution >= 4 is 11.8 Å². The van der Waals surface area contributed by atoms with Gasteiger partial charge in [0.05, 0.1) is 18.9 Å². The van der Waals surface area contributed by atoms with E-state index in [4.69, 9.17) is 0 Å². The maximum atomic E-state index is 9.18. The molecule has 0 spiro atoms. The largest absolute Gasteiger partial charge is 0.394 e. The number of hydrogen-bond donors (Lipinski definition) is 1. The lowest BCUT2D eigenvalue weighted by atomic mass is 10.3. The van der Waals surface area contributed by atoms with Crippen LogP contribution >= 0.6 is 11.8 Å². The molecular weight excluding hydrogens is 300 g/mol. The highest BCUT2D eigenvalue weighted by Crippen LogP contribution is 2.20. The van der Waals surface area contributed by atoms with Gasteiger partial charge in [0.15, 0.2) is 11.0 Å². The van der Waals surface area contributed by atoms with Gasteiger partial charge in [0.1, 0.15) is 5.82 Å². The number of nitrogens with zero attached hydrogens (tertiary/aromatic N) is 6. The van der Waals surface area contributed by atoms with E-state index in [-0.39, 0.29) is 6.61 Å². The first-order valence-corrected chi connectivity index (χ1v) is 7.70. The number of aliphatic hydroxyl groups is 1. The zero-order valence-corrected chi connectivity index (χ0v) is 12.5. The molecule has 8 heteroatoms. The summed E-state index contributed by atoms with van der Waals surface area (Å²) in [5, 5.41) is 14.3. The normalized spacial score (nSPS) is 10.8. The summed E-state index contributed by atoms with van der Waals surface area (Å²) in [6.45, 7) is 0.419. The second-order valence-corrected chi connectivity index (χ2v) is 5.30. The van der Waals surface area contributed by atoms with Crippen LogP contribution in [0, 0.1) is 0 Å². The van der Waals surface area contributed by atoms with Gasteiger partial charge in [0, 0.05) is 30.4 Å². The Kier molecular flexibility index (Phi) is 4.71. The van der Waals surface area contributed by atoms with Crippen LogP contribution in [0.2, 0.25) is 0 Å². The molecule has 0 amide bonds. The van der Waals surface area contributed by atoms with Crippen molar-refractivity contribution in [3.63, 3.8) is 0 Å². The zero-order chi connectivity index (χ0) is 15.2. The smallest absolute Gasteiger partial charge is 0.187 e. The van der Waals surface area contributed by atoms with Crippen molar-refractivity contribution in [3.05, 3.63) is 48.8 Å². The van der Waals surface area contributed by atoms with Crippen molar-refractivity contribution in [1.82, 2.24) is 29.7 Å². The maximum absolute atomic E-state index is 9.18. The summed E-state index contributed by atoms with van der Waals surface area (Å²) < 4.78 is 1.71. The average molecular weight is 314 g/mol. The highest BCUT2D eigenvalue weighted by molar-refractivity contribution is 7.98. The summed E-state index contributed by atoms with van der Waals surface area (Å²) in [5.74, 6) is 1.99. The number of thioether (sulfide) groups is 1. The molecule has 22 heavy (non-hydrogen) atoms. The first-order valence-electron chi connectivity index (χ1n) is 6.71. The Morgan fingerprint density at radius 1 is 1.09 bits per heavy atom. The summed E-state index contributed by atoms with van der Waals surface area (Å²) in [6.07, 6.45) is 6.81. The summed E-state index contributed by atoms with van der Waals surface area (Å²) in [5.41, 5.74) is 0.897. The van der Waals surface area contributed by atoms with Crippen molar-refractivity contribution in [2.75, 3.05) is 6.61 Å². The van der Waals surface area contributed by atoms with Crippen molar-refractivity contribution < 1.29 is 5.11 Å². The van der Waals surface area contributed by atoms with E-state index in [1.807, 2.05) is 12.1 Å². The van der Waals surface area contributed by atoms with Crippen LogP contribution in [0.1, 0.15) is 5.82 Å². The molecule has 3 aromatic rings.